The summed E-state index contributed by atoms with van der Waals surface area (Å²) in [5.74, 6) is -0.178. The molecule has 2 unspecified atom stereocenters. The zero-order valence-electron chi connectivity index (χ0n) is 12.5. The third-order valence-corrected chi connectivity index (χ3v) is 3.96. The molecule has 1 aromatic carbocycles. The second kappa shape index (κ2) is 6.74. The number of benzene rings is 1. The lowest BCUT2D eigenvalue weighted by molar-refractivity contribution is -0.123. The summed E-state index contributed by atoms with van der Waals surface area (Å²) >= 11 is 0. The fourth-order valence-electron chi connectivity index (χ4n) is 2.26. The second-order valence-corrected chi connectivity index (χ2v) is 5.63. The topological polar surface area (TPSA) is 91.1 Å². The lowest BCUT2D eigenvalue weighted by atomic mass is 10.0. The number of carbonyl (C=O) groups is 1. The molecule has 0 fully saturated rings. The smallest absolute Gasteiger partial charge is 0.237 e. The molecule has 1 amide bonds. The zero-order chi connectivity index (χ0) is 15.4. The molecular formula is C16H23N3O2. The summed E-state index contributed by atoms with van der Waals surface area (Å²) in [5, 5.41) is 13.0. The highest BCUT2D eigenvalue weighted by molar-refractivity contribution is 5.86. The van der Waals surface area contributed by atoms with Crippen LogP contribution in [0, 0.1) is 5.92 Å². The first kappa shape index (κ1) is 15.5. The molecule has 114 valence electrons. The van der Waals surface area contributed by atoms with Gasteiger partial charge in [0, 0.05) is 29.7 Å². The van der Waals surface area contributed by atoms with Crippen molar-refractivity contribution in [3.63, 3.8) is 0 Å². The van der Waals surface area contributed by atoms with Crippen molar-refractivity contribution in [1.82, 2.24) is 10.3 Å². The summed E-state index contributed by atoms with van der Waals surface area (Å²) < 4.78 is 0. The molecule has 1 heterocycles. The largest absolute Gasteiger partial charge is 0.396 e. The third-order valence-electron chi connectivity index (χ3n) is 3.96. The number of hydrogen-bond acceptors (Lipinski definition) is 3. The first-order valence-electron chi connectivity index (χ1n) is 7.24. The van der Waals surface area contributed by atoms with Gasteiger partial charge in [0.1, 0.15) is 0 Å². The van der Waals surface area contributed by atoms with Crippen LogP contribution in [0.2, 0.25) is 0 Å². The number of aromatic amines is 1. The summed E-state index contributed by atoms with van der Waals surface area (Å²) in [6.07, 6.45) is 2.38. The molecule has 1 aromatic heterocycles. The molecule has 0 saturated carbocycles. The maximum Gasteiger partial charge on any atom is 0.237 e. The predicted molar refractivity (Wildman–Crippen MR) is 83.8 cm³/mol. The Bertz CT molecular complexity index is 608. The first-order chi connectivity index (χ1) is 10.0. The monoisotopic (exact) mass is 289 g/mol. The van der Waals surface area contributed by atoms with E-state index in [0.717, 1.165) is 16.5 Å². The minimum Gasteiger partial charge on any atom is -0.396 e. The molecule has 21 heavy (non-hydrogen) atoms. The number of amides is 1. The number of carbonyl (C=O) groups excluding carboxylic acids is 1. The van der Waals surface area contributed by atoms with Crippen molar-refractivity contribution < 1.29 is 9.90 Å². The van der Waals surface area contributed by atoms with Gasteiger partial charge in [0.15, 0.2) is 0 Å². The number of H-pyrrole nitrogens is 1. The molecule has 5 nitrogen and oxygen atoms in total. The van der Waals surface area contributed by atoms with Gasteiger partial charge in [-0.2, -0.15) is 0 Å². The molecule has 0 saturated heterocycles. The Morgan fingerprint density at radius 3 is 2.81 bits per heavy atom. The first-order valence-corrected chi connectivity index (χ1v) is 7.24. The Hall–Kier alpha value is -1.85. The van der Waals surface area contributed by atoms with E-state index in [1.165, 1.54) is 0 Å². The van der Waals surface area contributed by atoms with E-state index in [0.29, 0.717) is 6.42 Å². The van der Waals surface area contributed by atoms with Crippen LogP contribution in [-0.4, -0.2) is 34.7 Å². The van der Waals surface area contributed by atoms with Gasteiger partial charge in [0.2, 0.25) is 5.91 Å². The molecule has 3 atom stereocenters. The van der Waals surface area contributed by atoms with Crippen LogP contribution in [0.15, 0.2) is 30.5 Å². The number of nitrogens with one attached hydrogen (secondary N) is 2. The van der Waals surface area contributed by atoms with E-state index in [4.69, 9.17) is 10.8 Å². The van der Waals surface area contributed by atoms with Crippen LogP contribution in [0.5, 0.6) is 0 Å². The highest BCUT2D eigenvalue weighted by atomic mass is 16.3. The van der Waals surface area contributed by atoms with Crippen molar-refractivity contribution >= 4 is 16.8 Å². The average Bonchev–Trinajstić information content (AvgIpc) is 2.89. The Morgan fingerprint density at radius 2 is 2.10 bits per heavy atom. The van der Waals surface area contributed by atoms with Crippen LogP contribution in [0.1, 0.15) is 19.4 Å². The third kappa shape index (κ3) is 3.62. The van der Waals surface area contributed by atoms with Gasteiger partial charge in [-0.1, -0.05) is 25.1 Å². The lowest BCUT2D eigenvalue weighted by Crippen LogP contribution is -2.47. The van der Waals surface area contributed by atoms with Crippen LogP contribution >= 0.6 is 0 Å². The fraction of sp³-hybridized carbons (Fsp3) is 0.438. The lowest BCUT2D eigenvalue weighted by Gasteiger charge is -2.21. The maximum atomic E-state index is 12.1. The molecule has 0 spiro atoms. The van der Waals surface area contributed by atoms with Gasteiger partial charge in [-0.25, -0.2) is 0 Å². The van der Waals surface area contributed by atoms with Crippen LogP contribution in [0.4, 0.5) is 0 Å². The van der Waals surface area contributed by atoms with Gasteiger partial charge in [0.25, 0.3) is 0 Å². The number of rotatable bonds is 6. The summed E-state index contributed by atoms with van der Waals surface area (Å²) in [7, 11) is 0. The quantitative estimate of drug-likeness (QED) is 0.643. The van der Waals surface area contributed by atoms with Crippen LogP contribution in [0.3, 0.4) is 0 Å². The number of aromatic nitrogens is 1. The van der Waals surface area contributed by atoms with Crippen molar-refractivity contribution in [3.05, 3.63) is 36.0 Å². The van der Waals surface area contributed by atoms with Crippen molar-refractivity contribution in [1.29, 1.82) is 0 Å². The number of fused-ring (bicyclic) bond motifs is 1. The van der Waals surface area contributed by atoms with Crippen molar-refractivity contribution in [2.45, 2.75) is 32.4 Å². The molecule has 0 bridgehead atoms. The Morgan fingerprint density at radius 1 is 1.38 bits per heavy atom. The van der Waals surface area contributed by atoms with E-state index in [9.17, 15) is 4.79 Å². The van der Waals surface area contributed by atoms with Crippen LogP contribution in [0.25, 0.3) is 10.9 Å². The van der Waals surface area contributed by atoms with Crippen LogP contribution < -0.4 is 11.1 Å². The van der Waals surface area contributed by atoms with Crippen molar-refractivity contribution in [3.8, 4) is 0 Å². The molecular weight excluding hydrogens is 266 g/mol. The summed E-state index contributed by atoms with van der Waals surface area (Å²) in [6.45, 7) is 3.80. The maximum absolute atomic E-state index is 12.1. The van der Waals surface area contributed by atoms with E-state index >= 15 is 0 Å². The fourth-order valence-corrected chi connectivity index (χ4v) is 2.26. The number of para-hydroxylation sites is 1. The van der Waals surface area contributed by atoms with Gasteiger partial charge in [0.05, 0.1) is 6.04 Å². The molecule has 2 aromatic rings. The zero-order valence-corrected chi connectivity index (χ0v) is 12.5. The van der Waals surface area contributed by atoms with Gasteiger partial charge in [-0.3, -0.25) is 4.79 Å². The van der Waals surface area contributed by atoms with E-state index in [2.05, 4.69) is 10.3 Å². The molecule has 0 aliphatic heterocycles. The Labute approximate surface area is 124 Å². The van der Waals surface area contributed by atoms with E-state index in [1.54, 1.807) is 0 Å². The normalized spacial score (nSPS) is 15.6. The molecule has 5 N–H and O–H groups in total. The summed E-state index contributed by atoms with van der Waals surface area (Å²) in [5.41, 5.74) is 8.08. The highest BCUT2D eigenvalue weighted by Crippen LogP contribution is 2.18. The van der Waals surface area contributed by atoms with E-state index in [1.807, 2.05) is 44.3 Å². The van der Waals surface area contributed by atoms with Gasteiger partial charge in [-0.05, 0) is 30.9 Å². The molecule has 2 rings (SSSR count). The molecule has 0 aliphatic rings. The van der Waals surface area contributed by atoms with Crippen molar-refractivity contribution in [2.24, 2.45) is 11.7 Å². The predicted octanol–water partition coefficient (Wildman–Crippen LogP) is 1.17. The van der Waals surface area contributed by atoms with Gasteiger partial charge >= 0.3 is 0 Å². The number of aliphatic hydroxyl groups excluding tert-OH is 1. The second-order valence-electron chi connectivity index (χ2n) is 5.63. The molecule has 0 aliphatic carbocycles. The van der Waals surface area contributed by atoms with Gasteiger partial charge < -0.3 is 21.1 Å². The van der Waals surface area contributed by atoms with Gasteiger partial charge in [-0.15, -0.1) is 0 Å². The molecule has 0 radical (unpaired) electrons. The minimum absolute atomic E-state index is 0.00855. The standard InChI is InChI=1S/C16H23N3O2/c1-10(9-20)11(2)19-16(21)14(17)7-12-8-18-15-6-4-3-5-13(12)15/h3-6,8,10-11,14,18,20H,7,9,17H2,1-2H3,(H,19,21)/t10?,11?,14-/m0/s1. The van der Waals surface area contributed by atoms with E-state index in [-0.39, 0.29) is 24.5 Å². The number of aliphatic hydroxyl groups is 1. The Kier molecular flexibility index (Phi) is 4.98. The van der Waals surface area contributed by atoms with Crippen LogP contribution in [-0.2, 0) is 11.2 Å². The summed E-state index contributed by atoms with van der Waals surface area (Å²) in [4.78, 5) is 15.3. The van der Waals surface area contributed by atoms with Crippen molar-refractivity contribution in [2.75, 3.05) is 6.61 Å². The minimum atomic E-state index is -0.599. The molecule has 5 heteroatoms. The number of hydrogen-bond donors (Lipinski definition) is 4. The Balaban J connectivity index is 2.00. The summed E-state index contributed by atoms with van der Waals surface area (Å²) in [6, 6.07) is 7.25. The number of nitrogens with two attached hydrogens (primary N) is 1. The highest BCUT2D eigenvalue weighted by Gasteiger charge is 2.20. The SMILES string of the molecule is CC(CO)C(C)NC(=O)[C@@H](N)Cc1c[nH]c2ccccc12. The average molecular weight is 289 g/mol. The van der Waals surface area contributed by atoms with E-state index < -0.39 is 6.04 Å².